The van der Waals surface area contributed by atoms with Gasteiger partial charge in [0, 0.05) is 41.4 Å². The van der Waals surface area contributed by atoms with Crippen LogP contribution in [0, 0.1) is 0 Å². The van der Waals surface area contributed by atoms with Crippen LogP contribution < -0.4 is 5.32 Å². The SMILES string of the molecule is CCOC(=O)c1ccc(NC(=S)N2CC=C(c3c[nH]c4ccccc34)CC2)cc1. The summed E-state index contributed by atoms with van der Waals surface area (Å²) in [6, 6.07) is 15.5. The number of rotatable bonds is 4. The van der Waals surface area contributed by atoms with E-state index in [-0.39, 0.29) is 5.97 Å². The van der Waals surface area contributed by atoms with E-state index in [1.54, 1.807) is 19.1 Å². The predicted molar refractivity (Wildman–Crippen MR) is 121 cm³/mol. The number of aromatic nitrogens is 1. The highest BCUT2D eigenvalue weighted by molar-refractivity contribution is 7.80. The number of esters is 1. The number of ether oxygens (including phenoxy) is 1. The van der Waals surface area contributed by atoms with Gasteiger partial charge in [-0.3, -0.25) is 0 Å². The zero-order chi connectivity index (χ0) is 20.2. The van der Waals surface area contributed by atoms with Crippen LogP contribution in [-0.4, -0.2) is 40.7 Å². The van der Waals surface area contributed by atoms with Crippen LogP contribution in [0.2, 0.25) is 0 Å². The van der Waals surface area contributed by atoms with E-state index in [0.717, 1.165) is 30.7 Å². The molecule has 0 bridgehead atoms. The molecule has 5 nitrogen and oxygen atoms in total. The summed E-state index contributed by atoms with van der Waals surface area (Å²) in [6.07, 6.45) is 5.27. The average molecular weight is 406 g/mol. The van der Waals surface area contributed by atoms with Crippen LogP contribution in [0.4, 0.5) is 5.69 Å². The highest BCUT2D eigenvalue weighted by atomic mass is 32.1. The van der Waals surface area contributed by atoms with Gasteiger partial charge < -0.3 is 19.9 Å². The zero-order valence-electron chi connectivity index (χ0n) is 16.3. The Morgan fingerprint density at radius 2 is 2.00 bits per heavy atom. The molecule has 29 heavy (non-hydrogen) atoms. The van der Waals surface area contributed by atoms with Gasteiger partial charge >= 0.3 is 5.97 Å². The lowest BCUT2D eigenvalue weighted by atomic mass is 9.99. The van der Waals surface area contributed by atoms with Crippen molar-refractivity contribution in [3.05, 3.63) is 71.9 Å². The van der Waals surface area contributed by atoms with E-state index >= 15 is 0 Å². The minimum atomic E-state index is -0.312. The number of benzene rings is 2. The number of carbonyl (C=O) groups excluding carboxylic acids is 1. The molecule has 0 spiro atoms. The first-order valence-electron chi connectivity index (χ1n) is 9.74. The van der Waals surface area contributed by atoms with E-state index in [1.807, 2.05) is 18.2 Å². The lowest BCUT2D eigenvalue weighted by molar-refractivity contribution is 0.0526. The van der Waals surface area contributed by atoms with Crippen LogP contribution in [0.5, 0.6) is 0 Å². The summed E-state index contributed by atoms with van der Waals surface area (Å²) in [5.74, 6) is -0.312. The van der Waals surface area contributed by atoms with Crippen molar-refractivity contribution in [2.75, 3.05) is 25.0 Å². The highest BCUT2D eigenvalue weighted by Gasteiger charge is 2.17. The Bertz CT molecular complexity index is 1070. The molecule has 1 aliphatic rings. The van der Waals surface area contributed by atoms with Crippen LogP contribution >= 0.6 is 12.2 Å². The van der Waals surface area contributed by atoms with Crippen molar-refractivity contribution < 1.29 is 9.53 Å². The molecule has 0 amide bonds. The van der Waals surface area contributed by atoms with Crippen LogP contribution in [0.1, 0.15) is 29.3 Å². The fraction of sp³-hybridized carbons (Fsp3) is 0.217. The monoisotopic (exact) mass is 405 g/mol. The van der Waals surface area contributed by atoms with Crippen molar-refractivity contribution in [1.29, 1.82) is 0 Å². The van der Waals surface area contributed by atoms with Crippen LogP contribution in [0.3, 0.4) is 0 Å². The fourth-order valence-corrected chi connectivity index (χ4v) is 3.83. The Balaban J connectivity index is 1.39. The number of H-pyrrole nitrogens is 1. The quantitative estimate of drug-likeness (QED) is 0.481. The van der Waals surface area contributed by atoms with Gasteiger partial charge in [0.05, 0.1) is 12.2 Å². The van der Waals surface area contributed by atoms with Crippen molar-refractivity contribution >= 4 is 45.5 Å². The van der Waals surface area contributed by atoms with Gasteiger partial charge in [-0.1, -0.05) is 24.3 Å². The zero-order valence-corrected chi connectivity index (χ0v) is 17.1. The van der Waals surface area contributed by atoms with Crippen molar-refractivity contribution in [1.82, 2.24) is 9.88 Å². The predicted octanol–water partition coefficient (Wildman–Crippen LogP) is 4.83. The van der Waals surface area contributed by atoms with Crippen LogP contribution in [-0.2, 0) is 4.74 Å². The molecule has 6 heteroatoms. The molecular weight excluding hydrogens is 382 g/mol. The van der Waals surface area contributed by atoms with Gasteiger partial charge in [0.1, 0.15) is 0 Å². The molecule has 0 atom stereocenters. The summed E-state index contributed by atoms with van der Waals surface area (Å²) in [5.41, 5.74) is 5.17. The maximum absolute atomic E-state index is 11.8. The van der Waals surface area contributed by atoms with Gasteiger partial charge in [-0.15, -0.1) is 0 Å². The number of para-hydroxylation sites is 1. The van der Waals surface area contributed by atoms with Crippen molar-refractivity contribution in [2.24, 2.45) is 0 Å². The third-order valence-corrected chi connectivity index (χ3v) is 5.44. The first kappa shape index (κ1) is 19.2. The molecule has 2 N–H and O–H groups in total. The second-order valence-electron chi connectivity index (χ2n) is 6.90. The standard InChI is InChI=1S/C23H23N3O2S/c1-2-28-22(27)17-7-9-18(10-8-17)25-23(29)26-13-11-16(12-14-26)20-15-24-21-6-4-3-5-19(20)21/h3-11,15,24H,2,12-14H2,1H3,(H,25,29). The van der Waals surface area contributed by atoms with Gasteiger partial charge in [0.2, 0.25) is 0 Å². The summed E-state index contributed by atoms with van der Waals surface area (Å²) in [7, 11) is 0. The summed E-state index contributed by atoms with van der Waals surface area (Å²) in [4.78, 5) is 17.2. The molecule has 0 saturated heterocycles. The van der Waals surface area contributed by atoms with Crippen molar-refractivity contribution in [3.8, 4) is 0 Å². The Hall–Kier alpha value is -3.12. The van der Waals surface area contributed by atoms with Crippen LogP contribution in [0.15, 0.2) is 60.8 Å². The maximum Gasteiger partial charge on any atom is 0.338 e. The minimum absolute atomic E-state index is 0.312. The molecule has 0 unspecified atom stereocenters. The summed E-state index contributed by atoms with van der Waals surface area (Å²) < 4.78 is 5.01. The van der Waals surface area contributed by atoms with Gasteiger partial charge in [0.15, 0.2) is 5.11 Å². The number of anilines is 1. The summed E-state index contributed by atoms with van der Waals surface area (Å²) >= 11 is 5.59. The third-order valence-electron chi connectivity index (χ3n) is 5.08. The first-order chi connectivity index (χ1) is 14.2. The largest absolute Gasteiger partial charge is 0.462 e. The number of hydrogen-bond donors (Lipinski definition) is 2. The normalized spacial score (nSPS) is 13.8. The number of nitrogens with one attached hydrogen (secondary N) is 2. The molecule has 148 valence electrons. The van der Waals surface area contributed by atoms with E-state index in [0.29, 0.717) is 17.3 Å². The fourth-order valence-electron chi connectivity index (χ4n) is 3.54. The van der Waals surface area contributed by atoms with E-state index < -0.39 is 0 Å². The van der Waals surface area contributed by atoms with Gasteiger partial charge in [0.25, 0.3) is 0 Å². The number of aromatic amines is 1. The smallest absolute Gasteiger partial charge is 0.338 e. The molecule has 2 heterocycles. The molecule has 0 saturated carbocycles. The number of nitrogens with zero attached hydrogens (tertiary/aromatic N) is 1. The van der Waals surface area contributed by atoms with Crippen molar-refractivity contribution in [2.45, 2.75) is 13.3 Å². The van der Waals surface area contributed by atoms with E-state index in [1.165, 1.54) is 16.5 Å². The molecule has 0 aliphatic carbocycles. The van der Waals surface area contributed by atoms with Gasteiger partial charge in [-0.2, -0.15) is 0 Å². The minimum Gasteiger partial charge on any atom is -0.462 e. The van der Waals surface area contributed by atoms with E-state index in [9.17, 15) is 4.79 Å². The Labute approximate surface area is 175 Å². The van der Waals surface area contributed by atoms with Gasteiger partial charge in [-0.25, -0.2) is 4.79 Å². The number of thiocarbonyl (C=S) groups is 1. The molecule has 1 aromatic heterocycles. The molecule has 0 fully saturated rings. The topological polar surface area (TPSA) is 57.4 Å². The number of hydrogen-bond acceptors (Lipinski definition) is 3. The van der Waals surface area contributed by atoms with E-state index in [2.05, 4.69) is 45.7 Å². The lowest BCUT2D eigenvalue weighted by Crippen LogP contribution is -2.37. The van der Waals surface area contributed by atoms with Crippen LogP contribution in [0.25, 0.3) is 16.5 Å². The molecule has 0 radical (unpaired) electrons. The Morgan fingerprint density at radius 1 is 1.21 bits per heavy atom. The second kappa shape index (κ2) is 8.49. The number of fused-ring (bicyclic) bond motifs is 1. The third kappa shape index (κ3) is 4.17. The molecule has 3 aromatic rings. The highest BCUT2D eigenvalue weighted by Crippen LogP contribution is 2.29. The lowest BCUT2D eigenvalue weighted by Gasteiger charge is -2.29. The molecular formula is C23H23N3O2S. The first-order valence-corrected chi connectivity index (χ1v) is 10.1. The second-order valence-corrected chi connectivity index (χ2v) is 7.29. The number of carbonyl (C=O) groups is 1. The Kier molecular flexibility index (Phi) is 5.62. The summed E-state index contributed by atoms with van der Waals surface area (Å²) in [5, 5.41) is 5.20. The molecule has 4 rings (SSSR count). The molecule has 2 aromatic carbocycles. The average Bonchev–Trinajstić information content (AvgIpc) is 3.19. The maximum atomic E-state index is 11.8. The summed E-state index contributed by atoms with van der Waals surface area (Å²) in [6.45, 7) is 3.79. The Morgan fingerprint density at radius 3 is 2.72 bits per heavy atom. The molecule has 1 aliphatic heterocycles. The van der Waals surface area contributed by atoms with Crippen molar-refractivity contribution in [3.63, 3.8) is 0 Å². The van der Waals surface area contributed by atoms with Gasteiger partial charge in [-0.05, 0) is 61.5 Å². The van der Waals surface area contributed by atoms with E-state index in [4.69, 9.17) is 17.0 Å².